The lowest BCUT2D eigenvalue weighted by Gasteiger charge is -2.39. The van der Waals surface area contributed by atoms with Crippen molar-refractivity contribution in [1.82, 2.24) is 5.32 Å². The maximum Gasteiger partial charge on any atom is 0.267 e. The molecular weight excluding hydrogens is 360 g/mol. The van der Waals surface area contributed by atoms with Gasteiger partial charge in [0.2, 0.25) is 5.91 Å². The van der Waals surface area contributed by atoms with Crippen LogP contribution in [0.1, 0.15) is 18.1 Å². The Bertz CT molecular complexity index is 1100. The summed E-state index contributed by atoms with van der Waals surface area (Å²) in [6, 6.07) is 24.8. The Morgan fingerprint density at radius 1 is 0.852 bits per heavy atom. The summed E-state index contributed by atoms with van der Waals surface area (Å²) in [5, 5.41) is 2.94. The van der Waals surface area contributed by atoms with Crippen LogP contribution in [0.3, 0.4) is 0 Å². The second-order valence-corrected chi connectivity index (χ2v) is 8.11. The monoisotopic (exact) mass is 378 g/mol. The maximum atomic E-state index is 13.5. The predicted octanol–water partition coefficient (Wildman–Crippen LogP) is 3.23. The van der Waals surface area contributed by atoms with Crippen molar-refractivity contribution in [2.75, 3.05) is 4.31 Å². The fourth-order valence-electron chi connectivity index (χ4n) is 3.67. The van der Waals surface area contributed by atoms with E-state index in [-0.39, 0.29) is 10.8 Å². The third kappa shape index (κ3) is 2.52. The Labute approximate surface area is 158 Å². The average molecular weight is 378 g/mol. The minimum absolute atomic E-state index is 0.187. The number of carbonyl (C=O) groups is 1. The van der Waals surface area contributed by atoms with E-state index in [0.29, 0.717) is 16.8 Å². The van der Waals surface area contributed by atoms with E-state index in [0.717, 1.165) is 0 Å². The first-order chi connectivity index (χ1) is 13.0. The summed E-state index contributed by atoms with van der Waals surface area (Å²) in [6.07, 6.45) is 0. The molecule has 0 bridgehead atoms. The lowest BCUT2D eigenvalue weighted by Crippen LogP contribution is -2.56. The molecule has 0 saturated heterocycles. The highest BCUT2D eigenvalue weighted by atomic mass is 32.2. The number of nitrogens with one attached hydrogen (secondary N) is 1. The molecular formula is C21H18N2O3S. The number of benzene rings is 3. The van der Waals surface area contributed by atoms with Gasteiger partial charge in [-0.1, -0.05) is 66.7 Å². The van der Waals surface area contributed by atoms with E-state index in [1.165, 1.54) is 11.2 Å². The van der Waals surface area contributed by atoms with E-state index in [1.54, 1.807) is 48.5 Å². The molecule has 1 aliphatic rings. The van der Waals surface area contributed by atoms with Gasteiger partial charge in [0.05, 0.1) is 10.6 Å². The average Bonchev–Trinajstić information content (AvgIpc) is 2.88. The SMILES string of the molecule is CC(=O)NC1(c2ccccc2)c2ccccc2S(=O)(=O)N1c1ccccc1. The summed E-state index contributed by atoms with van der Waals surface area (Å²) < 4.78 is 28.4. The molecule has 1 aliphatic heterocycles. The summed E-state index contributed by atoms with van der Waals surface area (Å²) in [4.78, 5) is 12.4. The number of sulfonamides is 1. The second-order valence-electron chi connectivity index (χ2n) is 6.36. The van der Waals surface area contributed by atoms with Crippen molar-refractivity contribution in [2.45, 2.75) is 17.5 Å². The van der Waals surface area contributed by atoms with Gasteiger partial charge in [-0.05, 0) is 18.2 Å². The van der Waals surface area contributed by atoms with Crippen LogP contribution in [-0.2, 0) is 20.5 Å². The minimum atomic E-state index is -3.88. The zero-order valence-corrected chi connectivity index (χ0v) is 15.5. The lowest BCUT2D eigenvalue weighted by molar-refractivity contribution is -0.120. The molecule has 1 amide bonds. The van der Waals surface area contributed by atoms with Gasteiger partial charge in [-0.2, -0.15) is 0 Å². The van der Waals surface area contributed by atoms with Crippen LogP contribution in [0, 0.1) is 0 Å². The van der Waals surface area contributed by atoms with Crippen molar-refractivity contribution < 1.29 is 13.2 Å². The molecule has 5 nitrogen and oxygen atoms in total. The smallest absolute Gasteiger partial charge is 0.267 e. The molecule has 136 valence electrons. The quantitative estimate of drug-likeness (QED) is 0.761. The number of anilines is 1. The summed E-state index contributed by atoms with van der Waals surface area (Å²) >= 11 is 0. The largest absolute Gasteiger partial charge is 0.325 e. The van der Waals surface area contributed by atoms with Gasteiger partial charge in [-0.25, -0.2) is 12.7 Å². The standard InChI is InChI=1S/C21H18N2O3S/c1-16(24)22-21(17-10-4-2-5-11-17)19-14-8-9-15-20(19)27(25,26)23(21)18-12-6-3-7-13-18/h2-15H,1H3,(H,22,24). The first-order valence-corrected chi connectivity index (χ1v) is 9.96. The molecule has 1 atom stereocenters. The number of amides is 1. The molecule has 6 heteroatoms. The first kappa shape index (κ1) is 17.3. The Morgan fingerprint density at radius 3 is 2.04 bits per heavy atom. The molecule has 1 N–H and O–H groups in total. The van der Waals surface area contributed by atoms with Crippen LogP contribution < -0.4 is 9.62 Å². The number of hydrogen-bond donors (Lipinski definition) is 1. The van der Waals surface area contributed by atoms with Crippen LogP contribution in [-0.4, -0.2) is 14.3 Å². The number of para-hydroxylation sites is 1. The maximum absolute atomic E-state index is 13.5. The highest BCUT2D eigenvalue weighted by Gasteiger charge is 2.55. The van der Waals surface area contributed by atoms with E-state index in [4.69, 9.17) is 0 Å². The molecule has 0 fully saturated rings. The molecule has 27 heavy (non-hydrogen) atoms. The number of carbonyl (C=O) groups excluding carboxylic acids is 1. The van der Waals surface area contributed by atoms with E-state index in [9.17, 15) is 13.2 Å². The van der Waals surface area contributed by atoms with Crippen LogP contribution >= 0.6 is 0 Å². The van der Waals surface area contributed by atoms with E-state index >= 15 is 0 Å². The lowest BCUT2D eigenvalue weighted by atomic mass is 9.90. The number of hydrogen-bond acceptors (Lipinski definition) is 3. The summed E-state index contributed by atoms with van der Waals surface area (Å²) in [5.41, 5.74) is 0.309. The fraction of sp³-hybridized carbons (Fsp3) is 0.0952. The van der Waals surface area contributed by atoms with E-state index in [1.807, 2.05) is 36.4 Å². The molecule has 0 spiro atoms. The number of rotatable bonds is 3. The normalized spacial score (nSPS) is 20.1. The Morgan fingerprint density at radius 2 is 1.41 bits per heavy atom. The third-order valence-corrected chi connectivity index (χ3v) is 6.52. The van der Waals surface area contributed by atoms with Crippen LogP contribution in [0.2, 0.25) is 0 Å². The van der Waals surface area contributed by atoms with Crippen molar-refractivity contribution in [3.63, 3.8) is 0 Å². The topological polar surface area (TPSA) is 66.5 Å². The molecule has 0 aromatic heterocycles. The Balaban J connectivity index is 2.14. The highest BCUT2D eigenvalue weighted by Crippen LogP contribution is 2.48. The fourth-order valence-corrected chi connectivity index (χ4v) is 5.62. The van der Waals surface area contributed by atoms with Gasteiger partial charge in [0.1, 0.15) is 0 Å². The van der Waals surface area contributed by atoms with E-state index < -0.39 is 15.7 Å². The van der Waals surface area contributed by atoms with Gasteiger partial charge in [0, 0.05) is 18.1 Å². The molecule has 4 rings (SSSR count). The van der Waals surface area contributed by atoms with E-state index in [2.05, 4.69) is 5.32 Å². The molecule has 0 aliphatic carbocycles. The van der Waals surface area contributed by atoms with Gasteiger partial charge in [0.25, 0.3) is 10.0 Å². The second kappa shape index (κ2) is 6.25. The molecule has 1 heterocycles. The van der Waals surface area contributed by atoms with Gasteiger partial charge >= 0.3 is 0 Å². The number of fused-ring (bicyclic) bond motifs is 1. The molecule has 3 aromatic carbocycles. The first-order valence-electron chi connectivity index (χ1n) is 8.52. The van der Waals surface area contributed by atoms with Crippen molar-refractivity contribution >= 4 is 21.6 Å². The van der Waals surface area contributed by atoms with Crippen molar-refractivity contribution in [3.05, 3.63) is 96.1 Å². The predicted molar refractivity (Wildman–Crippen MR) is 104 cm³/mol. The molecule has 1 unspecified atom stereocenters. The summed E-state index contributed by atoms with van der Waals surface area (Å²) in [5.74, 6) is -0.327. The third-order valence-electron chi connectivity index (χ3n) is 4.64. The Hall–Kier alpha value is -3.12. The minimum Gasteiger partial charge on any atom is -0.325 e. The number of nitrogens with zero attached hydrogens (tertiary/aromatic N) is 1. The van der Waals surface area contributed by atoms with Crippen molar-refractivity contribution in [1.29, 1.82) is 0 Å². The van der Waals surface area contributed by atoms with Gasteiger partial charge in [0.15, 0.2) is 5.66 Å². The van der Waals surface area contributed by atoms with Gasteiger partial charge in [-0.3, -0.25) is 4.79 Å². The van der Waals surface area contributed by atoms with Crippen molar-refractivity contribution in [3.8, 4) is 0 Å². The van der Waals surface area contributed by atoms with Gasteiger partial charge < -0.3 is 5.32 Å². The molecule has 0 saturated carbocycles. The van der Waals surface area contributed by atoms with Gasteiger partial charge in [-0.15, -0.1) is 0 Å². The Kier molecular flexibility index (Phi) is 4.00. The zero-order valence-electron chi connectivity index (χ0n) is 14.7. The van der Waals surface area contributed by atoms with Crippen LogP contribution in [0.25, 0.3) is 0 Å². The summed E-state index contributed by atoms with van der Waals surface area (Å²) in [7, 11) is -3.88. The van der Waals surface area contributed by atoms with Crippen LogP contribution in [0.4, 0.5) is 5.69 Å². The summed E-state index contributed by atoms with van der Waals surface area (Å²) in [6.45, 7) is 1.39. The molecule has 0 radical (unpaired) electrons. The highest BCUT2D eigenvalue weighted by molar-refractivity contribution is 7.93. The van der Waals surface area contributed by atoms with Crippen LogP contribution in [0.15, 0.2) is 89.8 Å². The zero-order chi connectivity index (χ0) is 19.1. The van der Waals surface area contributed by atoms with Crippen LogP contribution in [0.5, 0.6) is 0 Å². The molecule has 3 aromatic rings. The van der Waals surface area contributed by atoms with Crippen molar-refractivity contribution in [2.24, 2.45) is 0 Å².